The molecule has 0 atom stereocenters. The summed E-state index contributed by atoms with van der Waals surface area (Å²) in [6, 6.07) is 15.0. The van der Waals surface area contributed by atoms with E-state index in [0.717, 1.165) is 5.69 Å². The molecule has 0 saturated carbocycles. The third-order valence-corrected chi connectivity index (χ3v) is 4.65. The summed E-state index contributed by atoms with van der Waals surface area (Å²) in [5.74, 6) is -0.499. The van der Waals surface area contributed by atoms with Crippen molar-refractivity contribution >= 4 is 29.3 Å². The van der Waals surface area contributed by atoms with E-state index in [1.807, 2.05) is 18.2 Å². The van der Waals surface area contributed by atoms with Crippen molar-refractivity contribution in [1.29, 1.82) is 5.41 Å². The van der Waals surface area contributed by atoms with Crippen LogP contribution in [0.25, 0.3) is 0 Å². The lowest BCUT2D eigenvalue weighted by Crippen LogP contribution is -2.24. The van der Waals surface area contributed by atoms with Gasteiger partial charge in [-0.2, -0.15) is 0 Å². The number of pyridine rings is 1. The van der Waals surface area contributed by atoms with Crippen LogP contribution in [0.1, 0.15) is 27.2 Å². The number of nitrogen functional groups attached to an aromatic ring is 1. The van der Waals surface area contributed by atoms with Gasteiger partial charge in [0.15, 0.2) is 6.61 Å². The Labute approximate surface area is 195 Å². The molecule has 0 bridgehead atoms. The second-order valence-corrected chi connectivity index (χ2v) is 7.40. The van der Waals surface area contributed by atoms with E-state index in [1.165, 1.54) is 12.1 Å². The highest BCUT2D eigenvalue weighted by Gasteiger charge is 2.13. The SMILES string of the molecule is N=C(N)c1ccc(CNC(=O)c2cc(Cl)cc(OCc3ccccn3)c2)c(OCC(N)=O)c1. The van der Waals surface area contributed by atoms with Crippen molar-refractivity contribution in [1.82, 2.24) is 10.3 Å². The average Bonchev–Trinajstić information content (AvgIpc) is 2.80. The lowest BCUT2D eigenvalue weighted by Gasteiger charge is -2.13. The monoisotopic (exact) mass is 467 g/mol. The molecular weight excluding hydrogens is 446 g/mol. The van der Waals surface area contributed by atoms with Crippen LogP contribution < -0.4 is 26.3 Å². The van der Waals surface area contributed by atoms with Crippen LogP contribution in [0.4, 0.5) is 0 Å². The Morgan fingerprint density at radius 3 is 2.55 bits per heavy atom. The van der Waals surface area contributed by atoms with Crippen molar-refractivity contribution in [3.63, 3.8) is 0 Å². The lowest BCUT2D eigenvalue weighted by atomic mass is 10.1. The number of carbonyl (C=O) groups is 2. The summed E-state index contributed by atoms with van der Waals surface area (Å²) in [5.41, 5.74) is 12.7. The zero-order chi connectivity index (χ0) is 23.8. The standard InChI is InChI=1S/C23H22ClN5O4/c24-17-7-16(8-19(10-17)32-12-18-3-1-2-6-28-18)23(31)29-11-15-5-4-14(22(26)27)9-20(15)33-13-21(25)30/h1-10H,11-13H2,(H2,25,30)(H3,26,27)(H,29,31). The number of aromatic nitrogens is 1. The molecule has 1 aromatic heterocycles. The largest absolute Gasteiger partial charge is 0.487 e. The molecule has 0 aliphatic heterocycles. The molecule has 0 aliphatic carbocycles. The van der Waals surface area contributed by atoms with Gasteiger partial charge >= 0.3 is 0 Å². The number of carbonyl (C=O) groups excluding carboxylic acids is 2. The molecule has 9 nitrogen and oxygen atoms in total. The minimum absolute atomic E-state index is 0.0851. The molecule has 1 heterocycles. The highest BCUT2D eigenvalue weighted by Crippen LogP contribution is 2.23. The average molecular weight is 468 g/mol. The van der Waals surface area contributed by atoms with Gasteiger partial charge in [0.2, 0.25) is 0 Å². The van der Waals surface area contributed by atoms with Crippen molar-refractivity contribution in [3.8, 4) is 11.5 Å². The molecule has 3 rings (SSSR count). The van der Waals surface area contributed by atoms with Gasteiger partial charge in [0, 0.05) is 34.5 Å². The van der Waals surface area contributed by atoms with Crippen LogP contribution in [0.5, 0.6) is 11.5 Å². The first kappa shape index (κ1) is 23.6. The van der Waals surface area contributed by atoms with E-state index in [-0.39, 0.29) is 31.3 Å². The molecule has 0 radical (unpaired) electrons. The number of amides is 2. The van der Waals surface area contributed by atoms with Gasteiger partial charge in [-0.25, -0.2) is 0 Å². The minimum Gasteiger partial charge on any atom is -0.487 e. The normalized spacial score (nSPS) is 10.3. The van der Waals surface area contributed by atoms with Gasteiger partial charge in [0.05, 0.1) is 5.69 Å². The molecular formula is C23H22ClN5O4. The van der Waals surface area contributed by atoms with Crippen molar-refractivity contribution < 1.29 is 19.1 Å². The minimum atomic E-state index is -0.657. The maximum absolute atomic E-state index is 12.7. The summed E-state index contributed by atoms with van der Waals surface area (Å²) in [6.07, 6.45) is 1.67. The summed E-state index contributed by atoms with van der Waals surface area (Å²) < 4.78 is 11.1. The lowest BCUT2D eigenvalue weighted by molar-refractivity contribution is -0.119. The predicted octanol–water partition coefficient (Wildman–Crippen LogP) is 2.39. The van der Waals surface area contributed by atoms with E-state index in [9.17, 15) is 9.59 Å². The van der Waals surface area contributed by atoms with Crippen LogP contribution in [0.3, 0.4) is 0 Å². The van der Waals surface area contributed by atoms with Crippen molar-refractivity contribution in [2.75, 3.05) is 6.61 Å². The number of nitrogens with two attached hydrogens (primary N) is 2. The van der Waals surface area contributed by atoms with Crippen LogP contribution in [0, 0.1) is 5.41 Å². The fourth-order valence-electron chi connectivity index (χ4n) is 2.85. The zero-order valence-electron chi connectivity index (χ0n) is 17.5. The highest BCUT2D eigenvalue weighted by atomic mass is 35.5. The van der Waals surface area contributed by atoms with Crippen molar-refractivity contribution in [3.05, 3.63) is 88.2 Å². The van der Waals surface area contributed by atoms with Gasteiger partial charge in [-0.15, -0.1) is 0 Å². The topological polar surface area (TPSA) is 153 Å². The predicted molar refractivity (Wildman–Crippen MR) is 123 cm³/mol. The molecule has 2 aromatic carbocycles. The van der Waals surface area contributed by atoms with Crippen LogP contribution in [0.2, 0.25) is 5.02 Å². The summed E-state index contributed by atoms with van der Waals surface area (Å²) in [7, 11) is 0. The third-order valence-electron chi connectivity index (χ3n) is 4.43. The van der Waals surface area contributed by atoms with Gasteiger partial charge < -0.3 is 26.3 Å². The number of nitrogens with one attached hydrogen (secondary N) is 2. The van der Waals surface area contributed by atoms with E-state index >= 15 is 0 Å². The Balaban J connectivity index is 1.70. The highest BCUT2D eigenvalue weighted by molar-refractivity contribution is 6.31. The molecule has 3 aromatic rings. The third kappa shape index (κ3) is 6.94. The number of ether oxygens (including phenoxy) is 2. The number of hydrogen-bond donors (Lipinski definition) is 4. The quantitative estimate of drug-likeness (QED) is 0.265. The maximum atomic E-state index is 12.7. The number of rotatable bonds is 10. The first-order valence-electron chi connectivity index (χ1n) is 9.81. The molecule has 6 N–H and O–H groups in total. The summed E-state index contributed by atoms with van der Waals surface area (Å²) in [5, 5.41) is 10.7. The number of hydrogen-bond acceptors (Lipinski definition) is 6. The molecule has 10 heteroatoms. The number of amidine groups is 1. The Hall–Kier alpha value is -4.11. The van der Waals surface area contributed by atoms with Crippen LogP contribution in [-0.4, -0.2) is 29.2 Å². The number of primary amides is 1. The molecule has 0 unspecified atom stereocenters. The Morgan fingerprint density at radius 2 is 1.85 bits per heavy atom. The number of nitrogens with zero attached hydrogens (tertiary/aromatic N) is 1. The van der Waals surface area contributed by atoms with Gasteiger partial charge in [0.1, 0.15) is 23.9 Å². The second-order valence-electron chi connectivity index (χ2n) is 6.96. The molecule has 170 valence electrons. The smallest absolute Gasteiger partial charge is 0.255 e. The molecule has 0 spiro atoms. The first-order chi connectivity index (χ1) is 15.8. The van der Waals surface area contributed by atoms with Gasteiger partial charge in [-0.05, 0) is 36.4 Å². The van der Waals surface area contributed by atoms with E-state index < -0.39 is 11.8 Å². The molecule has 33 heavy (non-hydrogen) atoms. The van der Waals surface area contributed by atoms with E-state index in [1.54, 1.807) is 30.5 Å². The summed E-state index contributed by atoms with van der Waals surface area (Å²) >= 11 is 6.16. The molecule has 2 amide bonds. The van der Waals surface area contributed by atoms with Crippen LogP contribution >= 0.6 is 11.6 Å². The van der Waals surface area contributed by atoms with Gasteiger partial charge in [-0.3, -0.25) is 20.0 Å². The van der Waals surface area contributed by atoms with Crippen molar-refractivity contribution in [2.24, 2.45) is 11.5 Å². The van der Waals surface area contributed by atoms with Crippen LogP contribution in [-0.2, 0) is 17.9 Å². The maximum Gasteiger partial charge on any atom is 0.255 e. The first-order valence-corrected chi connectivity index (χ1v) is 10.2. The summed E-state index contributed by atoms with van der Waals surface area (Å²) in [4.78, 5) is 28.0. The Morgan fingerprint density at radius 1 is 1.03 bits per heavy atom. The Bertz CT molecular complexity index is 1170. The van der Waals surface area contributed by atoms with Gasteiger partial charge in [-0.1, -0.05) is 29.8 Å². The summed E-state index contributed by atoms with van der Waals surface area (Å²) in [6.45, 7) is -0.0411. The van der Waals surface area contributed by atoms with E-state index in [0.29, 0.717) is 27.5 Å². The second kappa shape index (κ2) is 11.0. The number of benzene rings is 2. The van der Waals surface area contributed by atoms with Crippen molar-refractivity contribution in [2.45, 2.75) is 13.2 Å². The zero-order valence-corrected chi connectivity index (χ0v) is 18.3. The molecule has 0 saturated heterocycles. The number of halogens is 1. The fraction of sp³-hybridized carbons (Fsp3) is 0.130. The van der Waals surface area contributed by atoms with Crippen LogP contribution in [0.15, 0.2) is 60.8 Å². The van der Waals surface area contributed by atoms with E-state index in [4.69, 9.17) is 38.0 Å². The fourth-order valence-corrected chi connectivity index (χ4v) is 3.07. The Kier molecular flexibility index (Phi) is 7.82. The molecule has 0 fully saturated rings. The molecule has 0 aliphatic rings. The van der Waals surface area contributed by atoms with E-state index in [2.05, 4.69) is 10.3 Å². The van der Waals surface area contributed by atoms with Gasteiger partial charge in [0.25, 0.3) is 11.8 Å².